The summed E-state index contributed by atoms with van der Waals surface area (Å²) in [6, 6.07) is 0.715. The van der Waals surface area contributed by atoms with Gasteiger partial charge in [-0.2, -0.15) is 0 Å². The Morgan fingerprint density at radius 1 is 1.54 bits per heavy atom. The maximum absolute atomic E-state index is 5.63. The van der Waals surface area contributed by atoms with E-state index in [9.17, 15) is 0 Å². The van der Waals surface area contributed by atoms with Crippen molar-refractivity contribution in [1.82, 2.24) is 4.90 Å². The third kappa shape index (κ3) is 2.92. The van der Waals surface area contributed by atoms with Crippen LogP contribution < -0.4 is 5.73 Å². The van der Waals surface area contributed by atoms with Gasteiger partial charge in [-0.15, -0.1) is 0 Å². The maximum atomic E-state index is 5.63. The van der Waals surface area contributed by atoms with Gasteiger partial charge in [0.25, 0.3) is 0 Å². The van der Waals surface area contributed by atoms with E-state index in [0.29, 0.717) is 16.9 Å². The number of hydrogen-bond acceptors (Lipinski definition) is 2. The van der Waals surface area contributed by atoms with Crippen molar-refractivity contribution in [3.8, 4) is 0 Å². The lowest BCUT2D eigenvalue weighted by Crippen LogP contribution is -2.42. The molecule has 1 saturated heterocycles. The number of hydrogen-bond donors (Lipinski definition) is 1. The number of nitrogens with zero attached hydrogens (tertiary/aromatic N) is 1. The van der Waals surface area contributed by atoms with E-state index in [2.05, 4.69) is 18.7 Å². The number of piperidine rings is 1. The summed E-state index contributed by atoms with van der Waals surface area (Å²) in [6.07, 6.45) is 3.54. The molecular formula is C10H20N2S. The van der Waals surface area contributed by atoms with Crippen molar-refractivity contribution >= 4 is 17.2 Å². The molecule has 0 amide bonds. The van der Waals surface area contributed by atoms with Crippen LogP contribution in [0, 0.1) is 5.92 Å². The second kappa shape index (κ2) is 4.91. The van der Waals surface area contributed by atoms with Crippen LogP contribution in [-0.4, -0.2) is 29.0 Å². The van der Waals surface area contributed by atoms with Crippen LogP contribution in [0.1, 0.15) is 33.1 Å². The van der Waals surface area contributed by atoms with E-state index in [0.717, 1.165) is 25.9 Å². The van der Waals surface area contributed by atoms with Gasteiger partial charge in [0.2, 0.25) is 0 Å². The highest BCUT2D eigenvalue weighted by molar-refractivity contribution is 7.80. The van der Waals surface area contributed by atoms with E-state index in [4.69, 9.17) is 18.0 Å². The molecule has 1 aliphatic heterocycles. The molecule has 0 aliphatic carbocycles. The monoisotopic (exact) mass is 200 g/mol. The Morgan fingerprint density at radius 3 is 2.46 bits per heavy atom. The van der Waals surface area contributed by atoms with Crippen LogP contribution in [0.25, 0.3) is 0 Å². The fourth-order valence-corrected chi connectivity index (χ4v) is 2.12. The Labute approximate surface area is 86.5 Å². The molecule has 0 aromatic rings. The van der Waals surface area contributed by atoms with Crippen LogP contribution in [0.4, 0.5) is 0 Å². The Bertz CT molecular complexity index is 174. The van der Waals surface area contributed by atoms with Crippen molar-refractivity contribution in [2.24, 2.45) is 11.7 Å². The molecule has 0 spiro atoms. The van der Waals surface area contributed by atoms with Crippen molar-refractivity contribution in [2.45, 2.75) is 39.2 Å². The summed E-state index contributed by atoms with van der Waals surface area (Å²) < 4.78 is 0. The molecule has 1 atom stereocenters. The van der Waals surface area contributed by atoms with Gasteiger partial charge in [0.15, 0.2) is 0 Å². The van der Waals surface area contributed by atoms with E-state index in [1.165, 1.54) is 6.42 Å². The third-order valence-electron chi connectivity index (χ3n) is 3.15. The fourth-order valence-electron chi connectivity index (χ4n) is 1.88. The van der Waals surface area contributed by atoms with Crippen LogP contribution in [0.3, 0.4) is 0 Å². The SMILES string of the molecule is CCC(C)N1CCC(C(N)=S)CC1. The van der Waals surface area contributed by atoms with E-state index < -0.39 is 0 Å². The van der Waals surface area contributed by atoms with Crippen LogP contribution in [-0.2, 0) is 0 Å². The minimum Gasteiger partial charge on any atom is -0.393 e. The molecule has 0 aromatic heterocycles. The molecule has 0 radical (unpaired) electrons. The van der Waals surface area contributed by atoms with Gasteiger partial charge in [-0.25, -0.2) is 0 Å². The highest BCUT2D eigenvalue weighted by Gasteiger charge is 2.22. The topological polar surface area (TPSA) is 29.3 Å². The van der Waals surface area contributed by atoms with Gasteiger partial charge in [-0.3, -0.25) is 0 Å². The first-order chi connectivity index (χ1) is 6.15. The molecular weight excluding hydrogens is 180 g/mol. The number of nitrogens with two attached hydrogens (primary N) is 1. The molecule has 2 N–H and O–H groups in total. The van der Waals surface area contributed by atoms with Crippen molar-refractivity contribution in [3.63, 3.8) is 0 Å². The van der Waals surface area contributed by atoms with Gasteiger partial charge >= 0.3 is 0 Å². The molecule has 1 aliphatic rings. The molecule has 0 aromatic carbocycles. The van der Waals surface area contributed by atoms with E-state index in [1.807, 2.05) is 0 Å². The predicted octanol–water partition coefficient (Wildman–Crippen LogP) is 1.78. The molecule has 1 fully saturated rings. The zero-order chi connectivity index (χ0) is 9.84. The Hall–Kier alpha value is -0.150. The van der Waals surface area contributed by atoms with Crippen LogP contribution in [0.15, 0.2) is 0 Å². The quantitative estimate of drug-likeness (QED) is 0.704. The Balaban J connectivity index is 2.34. The zero-order valence-electron chi connectivity index (χ0n) is 8.62. The van der Waals surface area contributed by atoms with Crippen LogP contribution >= 0.6 is 12.2 Å². The van der Waals surface area contributed by atoms with E-state index in [1.54, 1.807) is 0 Å². The smallest absolute Gasteiger partial charge is 0.0759 e. The second-order valence-electron chi connectivity index (χ2n) is 3.97. The lowest BCUT2D eigenvalue weighted by atomic mass is 9.96. The summed E-state index contributed by atoms with van der Waals surface area (Å²) in [4.78, 5) is 3.25. The molecule has 3 heteroatoms. The summed E-state index contributed by atoms with van der Waals surface area (Å²) in [7, 11) is 0. The lowest BCUT2D eigenvalue weighted by molar-refractivity contribution is 0.156. The van der Waals surface area contributed by atoms with Crippen molar-refractivity contribution in [1.29, 1.82) is 0 Å². The molecule has 0 saturated carbocycles. The molecule has 0 bridgehead atoms. The van der Waals surface area contributed by atoms with E-state index in [-0.39, 0.29) is 0 Å². The molecule has 13 heavy (non-hydrogen) atoms. The normalized spacial score (nSPS) is 22.9. The van der Waals surface area contributed by atoms with E-state index >= 15 is 0 Å². The first-order valence-electron chi connectivity index (χ1n) is 5.18. The summed E-state index contributed by atoms with van der Waals surface area (Å²) in [5, 5.41) is 0. The Kier molecular flexibility index (Phi) is 4.13. The number of likely N-dealkylation sites (tertiary alicyclic amines) is 1. The minimum atomic E-state index is 0.496. The number of rotatable bonds is 3. The fraction of sp³-hybridized carbons (Fsp3) is 0.900. The van der Waals surface area contributed by atoms with Gasteiger partial charge in [-0.05, 0) is 39.3 Å². The van der Waals surface area contributed by atoms with Crippen molar-refractivity contribution in [2.75, 3.05) is 13.1 Å². The Morgan fingerprint density at radius 2 is 2.08 bits per heavy atom. The van der Waals surface area contributed by atoms with Crippen LogP contribution in [0.2, 0.25) is 0 Å². The predicted molar refractivity (Wildman–Crippen MR) is 60.8 cm³/mol. The summed E-state index contributed by atoms with van der Waals surface area (Å²) >= 11 is 5.01. The zero-order valence-corrected chi connectivity index (χ0v) is 9.44. The summed E-state index contributed by atoms with van der Waals surface area (Å²) in [6.45, 7) is 6.86. The first kappa shape index (κ1) is 10.9. The molecule has 2 nitrogen and oxygen atoms in total. The van der Waals surface area contributed by atoms with Crippen molar-refractivity contribution < 1.29 is 0 Å². The first-order valence-corrected chi connectivity index (χ1v) is 5.59. The highest BCUT2D eigenvalue weighted by Crippen LogP contribution is 2.19. The standard InChI is InChI=1S/C10H20N2S/c1-3-8(2)12-6-4-9(5-7-12)10(11)13/h8-9H,3-7H2,1-2H3,(H2,11,13). The van der Waals surface area contributed by atoms with Crippen LogP contribution in [0.5, 0.6) is 0 Å². The molecule has 1 heterocycles. The van der Waals surface area contributed by atoms with Gasteiger partial charge in [0.05, 0.1) is 4.99 Å². The highest BCUT2D eigenvalue weighted by atomic mass is 32.1. The van der Waals surface area contributed by atoms with Crippen molar-refractivity contribution in [3.05, 3.63) is 0 Å². The lowest BCUT2D eigenvalue weighted by Gasteiger charge is -2.35. The minimum absolute atomic E-state index is 0.496. The molecule has 1 rings (SSSR count). The van der Waals surface area contributed by atoms with Gasteiger partial charge in [0.1, 0.15) is 0 Å². The average Bonchev–Trinajstić information content (AvgIpc) is 2.17. The molecule has 1 unspecified atom stereocenters. The van der Waals surface area contributed by atoms with Gasteiger partial charge < -0.3 is 10.6 Å². The average molecular weight is 200 g/mol. The molecule has 76 valence electrons. The largest absolute Gasteiger partial charge is 0.393 e. The van der Waals surface area contributed by atoms with Gasteiger partial charge in [-0.1, -0.05) is 19.1 Å². The second-order valence-corrected chi connectivity index (χ2v) is 4.44. The number of thiocarbonyl (C=S) groups is 1. The summed E-state index contributed by atoms with van der Waals surface area (Å²) in [5.41, 5.74) is 5.63. The summed E-state index contributed by atoms with van der Waals surface area (Å²) in [5.74, 6) is 0.496. The third-order valence-corrected chi connectivity index (χ3v) is 3.48. The maximum Gasteiger partial charge on any atom is 0.0759 e. The van der Waals surface area contributed by atoms with Gasteiger partial charge in [0, 0.05) is 12.0 Å².